The lowest BCUT2D eigenvalue weighted by atomic mass is 10.3. The molecule has 0 unspecified atom stereocenters. The molecule has 0 saturated heterocycles. The summed E-state index contributed by atoms with van der Waals surface area (Å²) >= 11 is 0. The van der Waals surface area contributed by atoms with Gasteiger partial charge in [-0.05, 0) is 12.1 Å². The van der Waals surface area contributed by atoms with Crippen LogP contribution in [-0.4, -0.2) is 17.1 Å². The number of nitrogens with one attached hydrogen (secondary N) is 1. The van der Waals surface area contributed by atoms with Gasteiger partial charge in [0, 0.05) is 19.2 Å². The van der Waals surface area contributed by atoms with Crippen LogP contribution in [0.15, 0.2) is 24.3 Å². The van der Waals surface area contributed by atoms with E-state index in [1.807, 2.05) is 0 Å². The molecule has 19 heavy (non-hydrogen) atoms. The van der Waals surface area contributed by atoms with E-state index in [4.69, 9.17) is 10.5 Å². The number of hydrogen-bond acceptors (Lipinski definition) is 5. The summed E-state index contributed by atoms with van der Waals surface area (Å²) in [6, 6.07) is 4.65. The summed E-state index contributed by atoms with van der Waals surface area (Å²) in [5.41, 5.74) is 5.70. The number of methoxy groups -OCH3 is 1. The van der Waals surface area contributed by atoms with Crippen LogP contribution in [0.25, 0.3) is 0 Å². The Balaban J connectivity index is 2.27. The molecule has 0 saturated carbocycles. The second-order valence-corrected chi connectivity index (χ2v) is 3.78. The lowest BCUT2D eigenvalue weighted by Gasteiger charge is -2.09. The number of ether oxygens (including phenoxy) is 1. The minimum atomic E-state index is -0.717. The van der Waals surface area contributed by atoms with Gasteiger partial charge in [0.25, 0.3) is 0 Å². The van der Waals surface area contributed by atoms with Gasteiger partial charge in [0.15, 0.2) is 5.82 Å². The van der Waals surface area contributed by atoms with Gasteiger partial charge in [-0.2, -0.15) is 0 Å². The topological polar surface area (TPSA) is 73.1 Å². The summed E-state index contributed by atoms with van der Waals surface area (Å²) in [4.78, 5) is 8.04. The van der Waals surface area contributed by atoms with Crippen molar-refractivity contribution in [2.75, 3.05) is 18.2 Å². The van der Waals surface area contributed by atoms with E-state index < -0.39 is 11.6 Å². The molecule has 7 heteroatoms. The smallest absolute Gasteiger partial charge is 0.158 e. The molecule has 5 nitrogen and oxygen atoms in total. The number of rotatable bonds is 4. The van der Waals surface area contributed by atoms with Crippen molar-refractivity contribution in [1.29, 1.82) is 0 Å². The van der Waals surface area contributed by atoms with Crippen molar-refractivity contribution < 1.29 is 13.5 Å². The van der Waals surface area contributed by atoms with Crippen LogP contribution in [0.1, 0.15) is 5.82 Å². The molecule has 100 valence electrons. The van der Waals surface area contributed by atoms with Crippen molar-refractivity contribution in [2.24, 2.45) is 0 Å². The minimum absolute atomic E-state index is 0.0999. The van der Waals surface area contributed by atoms with Gasteiger partial charge in [0.05, 0.1) is 5.69 Å². The standard InChI is InChI=1S/C12H12F2N4O/c1-19-6-12-17-10(15)5-11(18-12)16-9-3-2-7(13)4-8(9)14/h2-5H,6H2,1H3,(H3,15,16,17,18). The Morgan fingerprint density at radius 1 is 1.26 bits per heavy atom. The Morgan fingerprint density at radius 2 is 2.05 bits per heavy atom. The molecule has 0 fully saturated rings. The van der Waals surface area contributed by atoms with Crippen LogP contribution < -0.4 is 11.1 Å². The molecule has 1 heterocycles. The van der Waals surface area contributed by atoms with Crippen molar-refractivity contribution in [3.63, 3.8) is 0 Å². The van der Waals surface area contributed by atoms with Crippen molar-refractivity contribution in [1.82, 2.24) is 9.97 Å². The average molecular weight is 266 g/mol. The van der Waals surface area contributed by atoms with E-state index in [1.165, 1.54) is 19.2 Å². The van der Waals surface area contributed by atoms with E-state index in [2.05, 4.69) is 15.3 Å². The molecule has 0 radical (unpaired) electrons. The molecule has 0 aliphatic carbocycles. The van der Waals surface area contributed by atoms with Gasteiger partial charge < -0.3 is 15.8 Å². The first-order chi connectivity index (χ1) is 9.08. The average Bonchev–Trinajstić information content (AvgIpc) is 2.32. The van der Waals surface area contributed by atoms with Crippen LogP contribution in [0.3, 0.4) is 0 Å². The Hall–Kier alpha value is -2.28. The number of aromatic nitrogens is 2. The quantitative estimate of drug-likeness (QED) is 0.887. The molecule has 1 aromatic carbocycles. The third-order valence-corrected chi connectivity index (χ3v) is 2.26. The predicted octanol–water partition coefficient (Wildman–Crippen LogP) is 2.23. The van der Waals surface area contributed by atoms with E-state index in [0.29, 0.717) is 11.6 Å². The molecule has 3 N–H and O–H groups in total. The van der Waals surface area contributed by atoms with Gasteiger partial charge in [-0.1, -0.05) is 0 Å². The van der Waals surface area contributed by atoms with E-state index in [9.17, 15) is 8.78 Å². The predicted molar refractivity (Wildman–Crippen MR) is 66.8 cm³/mol. The number of hydrogen-bond donors (Lipinski definition) is 2. The van der Waals surface area contributed by atoms with Crippen LogP contribution in [-0.2, 0) is 11.3 Å². The van der Waals surface area contributed by atoms with Gasteiger partial charge in [-0.25, -0.2) is 18.7 Å². The SMILES string of the molecule is COCc1nc(N)cc(Nc2ccc(F)cc2F)n1. The first-order valence-electron chi connectivity index (χ1n) is 5.43. The fourth-order valence-corrected chi connectivity index (χ4v) is 1.50. The number of benzene rings is 1. The zero-order valence-corrected chi connectivity index (χ0v) is 10.2. The Kier molecular flexibility index (Phi) is 3.86. The Morgan fingerprint density at radius 3 is 2.74 bits per heavy atom. The summed E-state index contributed by atoms with van der Waals surface area (Å²) < 4.78 is 31.2. The van der Waals surface area contributed by atoms with Gasteiger partial charge in [-0.15, -0.1) is 0 Å². The van der Waals surface area contributed by atoms with Crippen LogP contribution in [0.5, 0.6) is 0 Å². The lowest BCUT2D eigenvalue weighted by molar-refractivity contribution is 0.178. The van der Waals surface area contributed by atoms with Gasteiger partial charge in [0.2, 0.25) is 0 Å². The van der Waals surface area contributed by atoms with Crippen molar-refractivity contribution in [3.8, 4) is 0 Å². The van der Waals surface area contributed by atoms with Crippen molar-refractivity contribution in [3.05, 3.63) is 41.7 Å². The highest BCUT2D eigenvalue weighted by atomic mass is 19.1. The number of nitrogens with zero attached hydrogens (tertiary/aromatic N) is 2. The number of halogens is 2. The first-order valence-corrected chi connectivity index (χ1v) is 5.43. The highest BCUT2D eigenvalue weighted by Crippen LogP contribution is 2.20. The molecule has 0 spiro atoms. The Labute approximate surface area is 108 Å². The van der Waals surface area contributed by atoms with Gasteiger partial charge in [-0.3, -0.25) is 0 Å². The zero-order chi connectivity index (χ0) is 13.8. The molecule has 0 amide bonds. The number of nitrogen functional groups attached to an aromatic ring is 1. The molecule has 0 aliphatic heterocycles. The maximum atomic E-state index is 13.5. The maximum Gasteiger partial charge on any atom is 0.158 e. The molecule has 0 atom stereocenters. The molecule has 2 aromatic rings. The Bertz CT molecular complexity index is 592. The van der Waals surface area contributed by atoms with Crippen LogP contribution >= 0.6 is 0 Å². The highest BCUT2D eigenvalue weighted by Gasteiger charge is 2.07. The van der Waals surface area contributed by atoms with Crippen molar-refractivity contribution >= 4 is 17.3 Å². The summed E-state index contributed by atoms with van der Waals surface area (Å²) in [5.74, 6) is -0.458. The summed E-state index contributed by atoms with van der Waals surface area (Å²) in [7, 11) is 1.50. The van der Waals surface area contributed by atoms with E-state index in [0.717, 1.165) is 12.1 Å². The van der Waals surface area contributed by atoms with Crippen molar-refractivity contribution in [2.45, 2.75) is 6.61 Å². The lowest BCUT2D eigenvalue weighted by Crippen LogP contribution is -2.05. The van der Waals surface area contributed by atoms with E-state index in [1.54, 1.807) is 0 Å². The second kappa shape index (κ2) is 5.57. The molecule has 0 bridgehead atoms. The normalized spacial score (nSPS) is 10.5. The minimum Gasteiger partial charge on any atom is -0.384 e. The van der Waals surface area contributed by atoms with Crippen LogP contribution in [0.4, 0.5) is 26.1 Å². The van der Waals surface area contributed by atoms with E-state index in [-0.39, 0.29) is 18.1 Å². The summed E-state index contributed by atoms with van der Waals surface area (Å²) in [6.07, 6.45) is 0. The van der Waals surface area contributed by atoms with Gasteiger partial charge >= 0.3 is 0 Å². The number of nitrogens with two attached hydrogens (primary N) is 1. The second-order valence-electron chi connectivity index (χ2n) is 3.78. The van der Waals surface area contributed by atoms with Crippen LogP contribution in [0.2, 0.25) is 0 Å². The molecule has 1 aromatic heterocycles. The number of anilines is 3. The zero-order valence-electron chi connectivity index (χ0n) is 10.2. The first kappa shape index (κ1) is 13.2. The molecular formula is C12H12F2N4O. The summed E-state index contributed by atoms with van der Waals surface area (Å²) in [5, 5.41) is 2.71. The highest BCUT2D eigenvalue weighted by molar-refractivity contribution is 5.59. The maximum absolute atomic E-state index is 13.5. The fourth-order valence-electron chi connectivity index (χ4n) is 1.50. The molecular weight excluding hydrogens is 254 g/mol. The van der Waals surface area contributed by atoms with Crippen LogP contribution in [0, 0.1) is 11.6 Å². The third-order valence-electron chi connectivity index (χ3n) is 2.26. The largest absolute Gasteiger partial charge is 0.384 e. The third kappa shape index (κ3) is 3.35. The van der Waals surface area contributed by atoms with Gasteiger partial charge in [0.1, 0.15) is 29.9 Å². The molecule has 0 aliphatic rings. The fraction of sp³-hybridized carbons (Fsp3) is 0.167. The molecule has 2 rings (SSSR count). The summed E-state index contributed by atoms with van der Waals surface area (Å²) in [6.45, 7) is 0.186. The monoisotopic (exact) mass is 266 g/mol. The van der Waals surface area contributed by atoms with E-state index >= 15 is 0 Å².